The molecule has 1 aliphatic heterocycles. The summed E-state index contributed by atoms with van der Waals surface area (Å²) < 4.78 is 5.32. The number of nitrogens with zero attached hydrogens (tertiary/aromatic N) is 1. The van der Waals surface area contributed by atoms with E-state index in [0.717, 1.165) is 38.0 Å². The zero-order valence-electron chi connectivity index (χ0n) is 16.8. The van der Waals surface area contributed by atoms with Gasteiger partial charge in [0.05, 0.1) is 5.56 Å². The van der Waals surface area contributed by atoms with Gasteiger partial charge in [-0.05, 0) is 50.8 Å². The van der Waals surface area contributed by atoms with Crippen LogP contribution in [0.5, 0.6) is 0 Å². The summed E-state index contributed by atoms with van der Waals surface area (Å²) in [6, 6.07) is 5.63. The van der Waals surface area contributed by atoms with Gasteiger partial charge in [-0.3, -0.25) is 9.59 Å². The number of hydrogen-bond donors (Lipinski definition) is 2. The second-order valence-corrected chi connectivity index (χ2v) is 7.23. The average Bonchev–Trinajstić information content (AvgIpc) is 2.68. The Morgan fingerprint density at radius 2 is 1.93 bits per heavy atom. The number of anilines is 2. The van der Waals surface area contributed by atoms with Crippen LogP contribution in [0.25, 0.3) is 0 Å². The van der Waals surface area contributed by atoms with E-state index < -0.39 is 0 Å². The van der Waals surface area contributed by atoms with Gasteiger partial charge in [-0.25, -0.2) is 0 Å². The maximum atomic E-state index is 12.8. The van der Waals surface area contributed by atoms with Crippen molar-refractivity contribution < 1.29 is 14.3 Å². The largest absolute Gasteiger partial charge is 0.382 e. The van der Waals surface area contributed by atoms with Crippen molar-refractivity contribution in [1.82, 2.24) is 5.32 Å². The van der Waals surface area contributed by atoms with Crippen LogP contribution in [0.4, 0.5) is 11.4 Å². The molecular formula is C21H33N3O3. The lowest BCUT2D eigenvalue weighted by Gasteiger charge is -2.30. The summed E-state index contributed by atoms with van der Waals surface area (Å²) in [5.41, 5.74) is 2.23. The first-order chi connectivity index (χ1) is 13.0. The van der Waals surface area contributed by atoms with Gasteiger partial charge in [0.1, 0.15) is 0 Å². The van der Waals surface area contributed by atoms with Crippen molar-refractivity contribution in [3.8, 4) is 0 Å². The van der Waals surface area contributed by atoms with Crippen molar-refractivity contribution in [1.29, 1.82) is 0 Å². The number of amides is 2. The van der Waals surface area contributed by atoms with Crippen LogP contribution in [0.15, 0.2) is 18.2 Å². The maximum absolute atomic E-state index is 12.8. The van der Waals surface area contributed by atoms with Gasteiger partial charge in [0, 0.05) is 50.1 Å². The lowest BCUT2D eigenvalue weighted by atomic mass is 10.1. The molecule has 2 rings (SSSR count). The van der Waals surface area contributed by atoms with E-state index in [4.69, 9.17) is 4.74 Å². The molecule has 0 saturated carbocycles. The van der Waals surface area contributed by atoms with Crippen molar-refractivity contribution in [2.24, 2.45) is 5.92 Å². The molecule has 1 fully saturated rings. The molecular weight excluding hydrogens is 342 g/mol. The molecule has 0 aliphatic carbocycles. The molecule has 0 radical (unpaired) electrons. The first kappa shape index (κ1) is 21.2. The van der Waals surface area contributed by atoms with E-state index in [1.807, 2.05) is 32.9 Å². The first-order valence-electron chi connectivity index (χ1n) is 10.1. The number of piperidine rings is 1. The Balaban J connectivity index is 2.14. The quantitative estimate of drug-likeness (QED) is 0.649. The Kier molecular flexibility index (Phi) is 8.58. The fourth-order valence-electron chi connectivity index (χ4n) is 3.11. The van der Waals surface area contributed by atoms with E-state index in [-0.39, 0.29) is 17.7 Å². The molecule has 0 aromatic heterocycles. The van der Waals surface area contributed by atoms with Crippen LogP contribution in [-0.4, -0.2) is 44.7 Å². The molecule has 1 aliphatic rings. The molecule has 1 aromatic rings. The molecule has 0 atom stereocenters. The SMILES string of the molecule is CCOCCCNC(=O)c1cc(NC(=O)C(C)C)ccc1N1CCCCC1. The Labute approximate surface area is 162 Å². The molecule has 27 heavy (non-hydrogen) atoms. The third kappa shape index (κ3) is 6.54. The minimum Gasteiger partial charge on any atom is -0.382 e. The monoisotopic (exact) mass is 375 g/mol. The minimum absolute atomic E-state index is 0.0520. The van der Waals surface area contributed by atoms with Gasteiger partial charge in [-0.2, -0.15) is 0 Å². The summed E-state index contributed by atoms with van der Waals surface area (Å²) >= 11 is 0. The van der Waals surface area contributed by atoms with Gasteiger partial charge in [-0.15, -0.1) is 0 Å². The van der Waals surface area contributed by atoms with Gasteiger partial charge >= 0.3 is 0 Å². The predicted molar refractivity (Wildman–Crippen MR) is 109 cm³/mol. The molecule has 2 amide bonds. The number of hydrogen-bond acceptors (Lipinski definition) is 4. The van der Waals surface area contributed by atoms with Crippen molar-refractivity contribution in [2.75, 3.05) is 43.1 Å². The minimum atomic E-state index is -0.109. The summed E-state index contributed by atoms with van der Waals surface area (Å²) in [7, 11) is 0. The molecule has 150 valence electrons. The average molecular weight is 376 g/mol. The van der Waals surface area contributed by atoms with Crippen LogP contribution in [0.1, 0.15) is 56.8 Å². The van der Waals surface area contributed by atoms with Crippen molar-refractivity contribution >= 4 is 23.2 Å². The third-order valence-electron chi connectivity index (χ3n) is 4.68. The van der Waals surface area contributed by atoms with Gasteiger partial charge in [0.15, 0.2) is 0 Å². The molecule has 1 saturated heterocycles. The van der Waals surface area contributed by atoms with E-state index in [2.05, 4.69) is 15.5 Å². The highest BCUT2D eigenvalue weighted by Gasteiger charge is 2.20. The van der Waals surface area contributed by atoms with Crippen LogP contribution < -0.4 is 15.5 Å². The smallest absolute Gasteiger partial charge is 0.253 e. The Morgan fingerprint density at radius 3 is 2.59 bits per heavy atom. The fourth-order valence-corrected chi connectivity index (χ4v) is 3.11. The van der Waals surface area contributed by atoms with Crippen molar-refractivity contribution in [3.05, 3.63) is 23.8 Å². The molecule has 6 nitrogen and oxygen atoms in total. The summed E-state index contributed by atoms with van der Waals surface area (Å²) in [4.78, 5) is 27.1. The number of ether oxygens (including phenoxy) is 1. The fraction of sp³-hybridized carbons (Fsp3) is 0.619. The molecule has 0 unspecified atom stereocenters. The molecule has 0 spiro atoms. The molecule has 1 aromatic carbocycles. The summed E-state index contributed by atoms with van der Waals surface area (Å²) in [6.45, 7) is 9.48. The maximum Gasteiger partial charge on any atom is 0.253 e. The Hall–Kier alpha value is -2.08. The standard InChI is InChI=1S/C21H33N3O3/c1-4-27-14-8-11-22-21(26)18-15-17(23-20(25)16(2)3)9-10-19(18)24-12-6-5-7-13-24/h9-10,15-16H,4-8,11-14H2,1-3H3,(H,22,26)(H,23,25). The van der Waals surface area contributed by atoms with Gasteiger partial charge in [0.25, 0.3) is 5.91 Å². The first-order valence-corrected chi connectivity index (χ1v) is 10.1. The predicted octanol–water partition coefficient (Wildman–Crippen LogP) is 3.43. The lowest BCUT2D eigenvalue weighted by molar-refractivity contribution is -0.118. The van der Waals surface area contributed by atoms with Gasteiger partial charge < -0.3 is 20.3 Å². The highest BCUT2D eigenvalue weighted by Crippen LogP contribution is 2.27. The molecule has 6 heteroatoms. The van der Waals surface area contributed by atoms with Crippen LogP contribution in [0.2, 0.25) is 0 Å². The van der Waals surface area contributed by atoms with Crippen LogP contribution >= 0.6 is 0 Å². The number of carbonyl (C=O) groups excluding carboxylic acids is 2. The zero-order chi connectivity index (χ0) is 19.6. The van der Waals surface area contributed by atoms with Crippen LogP contribution in [-0.2, 0) is 9.53 Å². The second kappa shape index (κ2) is 10.9. The Bertz CT molecular complexity index is 625. The summed E-state index contributed by atoms with van der Waals surface area (Å²) in [5, 5.41) is 5.88. The summed E-state index contributed by atoms with van der Waals surface area (Å²) in [6.07, 6.45) is 4.29. The third-order valence-corrected chi connectivity index (χ3v) is 4.68. The Morgan fingerprint density at radius 1 is 1.19 bits per heavy atom. The zero-order valence-corrected chi connectivity index (χ0v) is 16.8. The molecule has 1 heterocycles. The van der Waals surface area contributed by atoms with E-state index >= 15 is 0 Å². The number of benzene rings is 1. The van der Waals surface area contributed by atoms with Gasteiger partial charge in [-0.1, -0.05) is 13.8 Å². The lowest BCUT2D eigenvalue weighted by Crippen LogP contribution is -2.33. The van der Waals surface area contributed by atoms with Gasteiger partial charge in [0.2, 0.25) is 5.91 Å². The molecule has 0 bridgehead atoms. The number of rotatable bonds is 9. The van der Waals surface area contributed by atoms with Crippen LogP contribution in [0, 0.1) is 5.92 Å². The second-order valence-electron chi connectivity index (χ2n) is 7.23. The van der Waals surface area contributed by atoms with Crippen molar-refractivity contribution in [3.63, 3.8) is 0 Å². The van der Waals surface area contributed by atoms with E-state index in [9.17, 15) is 9.59 Å². The summed E-state index contributed by atoms with van der Waals surface area (Å²) in [5.74, 6) is -0.265. The van der Waals surface area contributed by atoms with E-state index in [1.54, 1.807) is 6.07 Å². The highest BCUT2D eigenvalue weighted by atomic mass is 16.5. The topological polar surface area (TPSA) is 70.7 Å². The van der Waals surface area contributed by atoms with Crippen molar-refractivity contribution in [2.45, 2.75) is 46.5 Å². The number of nitrogens with one attached hydrogen (secondary N) is 2. The van der Waals surface area contributed by atoms with E-state index in [0.29, 0.717) is 31.0 Å². The van der Waals surface area contributed by atoms with Crippen LogP contribution in [0.3, 0.4) is 0 Å². The highest BCUT2D eigenvalue weighted by molar-refractivity contribution is 6.02. The molecule has 2 N–H and O–H groups in total. The normalized spacial score (nSPS) is 14.3. The van der Waals surface area contributed by atoms with E-state index in [1.165, 1.54) is 6.42 Å². The number of carbonyl (C=O) groups is 2.